The van der Waals surface area contributed by atoms with Gasteiger partial charge in [0.1, 0.15) is 23.7 Å². The number of rotatable bonds is 6. The van der Waals surface area contributed by atoms with Crippen LogP contribution in [0.15, 0.2) is 79.4 Å². The molecule has 28 heavy (non-hydrogen) atoms. The van der Waals surface area contributed by atoms with Gasteiger partial charge in [0, 0.05) is 31.2 Å². The molecular weight excluding hydrogens is 350 g/mol. The van der Waals surface area contributed by atoms with Gasteiger partial charge in [-0.2, -0.15) is 0 Å². The number of nitrogens with one attached hydrogen (secondary N) is 1. The molecule has 0 radical (unpaired) electrons. The van der Waals surface area contributed by atoms with E-state index in [1.54, 1.807) is 18.7 Å². The van der Waals surface area contributed by atoms with Crippen LogP contribution in [0.3, 0.4) is 0 Å². The Morgan fingerprint density at radius 3 is 2.54 bits per heavy atom. The average Bonchev–Trinajstić information content (AvgIpc) is 2.79. The summed E-state index contributed by atoms with van der Waals surface area (Å²) in [7, 11) is 1.98. The first-order valence-corrected chi connectivity index (χ1v) is 8.87. The zero-order valence-corrected chi connectivity index (χ0v) is 15.4. The number of hydrogen-bond acceptors (Lipinski definition) is 7. The normalized spacial score (nSPS) is 10.5. The fraction of sp³-hybridized carbons (Fsp3) is 0.0952. The lowest BCUT2D eigenvalue weighted by molar-refractivity contribution is 0.987. The number of nitrogens with zero attached hydrogens (tertiary/aromatic N) is 6. The van der Waals surface area contributed by atoms with E-state index >= 15 is 0 Å². The number of pyridine rings is 1. The number of para-hydroxylation sites is 1. The summed E-state index contributed by atoms with van der Waals surface area (Å²) in [5, 5.41) is 3.30. The molecule has 0 aliphatic rings. The molecule has 0 bridgehead atoms. The average molecular weight is 369 g/mol. The van der Waals surface area contributed by atoms with Crippen LogP contribution in [0, 0.1) is 0 Å². The lowest BCUT2D eigenvalue weighted by atomic mass is 10.3. The molecule has 0 saturated carbocycles. The summed E-state index contributed by atoms with van der Waals surface area (Å²) < 4.78 is 0. The molecule has 0 amide bonds. The lowest BCUT2D eigenvalue weighted by Crippen LogP contribution is -2.12. The maximum atomic E-state index is 4.57. The van der Waals surface area contributed by atoms with Crippen LogP contribution in [0.4, 0.5) is 17.3 Å². The first kappa shape index (κ1) is 17.5. The van der Waals surface area contributed by atoms with Crippen molar-refractivity contribution in [3.63, 3.8) is 0 Å². The Labute approximate surface area is 163 Å². The Hall–Kier alpha value is -3.87. The van der Waals surface area contributed by atoms with E-state index in [1.807, 2.05) is 72.6 Å². The van der Waals surface area contributed by atoms with E-state index in [0.29, 0.717) is 12.4 Å². The van der Waals surface area contributed by atoms with Crippen LogP contribution in [0.1, 0.15) is 5.69 Å². The standard InChI is InChI=1S/C21H19N7/c1-28(17-7-3-2-4-8-17)20-13-19(25-15-26-20)24-14-16-10-12-23-21(27-16)18-9-5-6-11-22-18/h2-13,15H,14H2,1H3,(H,24,25,26). The zero-order chi connectivity index (χ0) is 19.2. The monoisotopic (exact) mass is 369 g/mol. The zero-order valence-electron chi connectivity index (χ0n) is 15.4. The second kappa shape index (κ2) is 8.22. The van der Waals surface area contributed by atoms with E-state index in [4.69, 9.17) is 0 Å². The molecule has 0 spiro atoms. The second-order valence-electron chi connectivity index (χ2n) is 6.10. The Bertz CT molecular complexity index is 1040. The molecule has 4 rings (SSSR count). The molecule has 0 saturated heterocycles. The predicted octanol–water partition coefficient (Wildman–Crippen LogP) is 3.71. The van der Waals surface area contributed by atoms with Crippen LogP contribution in [0.5, 0.6) is 0 Å². The van der Waals surface area contributed by atoms with E-state index < -0.39 is 0 Å². The highest BCUT2D eigenvalue weighted by Crippen LogP contribution is 2.22. The topological polar surface area (TPSA) is 79.7 Å². The molecule has 0 aliphatic carbocycles. The predicted molar refractivity (Wildman–Crippen MR) is 109 cm³/mol. The summed E-state index contributed by atoms with van der Waals surface area (Å²) in [6.07, 6.45) is 5.02. The summed E-state index contributed by atoms with van der Waals surface area (Å²) in [5.41, 5.74) is 2.66. The van der Waals surface area contributed by atoms with Crippen molar-refractivity contribution in [2.45, 2.75) is 6.54 Å². The lowest BCUT2D eigenvalue weighted by Gasteiger charge is -2.18. The molecule has 1 N–H and O–H groups in total. The molecule has 0 aliphatic heterocycles. The fourth-order valence-electron chi connectivity index (χ4n) is 2.71. The van der Waals surface area contributed by atoms with Gasteiger partial charge in [-0.3, -0.25) is 4.98 Å². The van der Waals surface area contributed by atoms with Crippen LogP contribution >= 0.6 is 0 Å². The summed E-state index contributed by atoms with van der Waals surface area (Å²) in [5.74, 6) is 2.14. The van der Waals surface area contributed by atoms with Gasteiger partial charge >= 0.3 is 0 Å². The first-order chi connectivity index (χ1) is 13.8. The van der Waals surface area contributed by atoms with E-state index in [0.717, 1.165) is 28.7 Å². The highest BCUT2D eigenvalue weighted by molar-refractivity contribution is 5.61. The van der Waals surface area contributed by atoms with E-state index in [1.165, 1.54) is 0 Å². The van der Waals surface area contributed by atoms with Crippen molar-refractivity contribution in [3.8, 4) is 11.5 Å². The van der Waals surface area contributed by atoms with Crippen molar-refractivity contribution < 1.29 is 0 Å². The molecule has 7 nitrogen and oxygen atoms in total. The van der Waals surface area contributed by atoms with Crippen LogP contribution in [-0.4, -0.2) is 32.0 Å². The largest absolute Gasteiger partial charge is 0.364 e. The van der Waals surface area contributed by atoms with Crippen LogP contribution in [-0.2, 0) is 6.54 Å². The first-order valence-electron chi connectivity index (χ1n) is 8.87. The molecule has 1 aromatic carbocycles. The van der Waals surface area contributed by atoms with Crippen LogP contribution < -0.4 is 10.2 Å². The quantitative estimate of drug-likeness (QED) is 0.555. The van der Waals surface area contributed by atoms with Gasteiger partial charge < -0.3 is 10.2 Å². The summed E-state index contributed by atoms with van der Waals surface area (Å²) in [6.45, 7) is 0.522. The highest BCUT2D eigenvalue weighted by Gasteiger charge is 2.07. The third-order valence-corrected chi connectivity index (χ3v) is 4.20. The molecule has 3 heterocycles. The maximum Gasteiger partial charge on any atom is 0.178 e. The molecule has 0 atom stereocenters. The van der Waals surface area contributed by atoms with Crippen molar-refractivity contribution in [3.05, 3.63) is 85.1 Å². The number of benzene rings is 1. The Morgan fingerprint density at radius 1 is 0.857 bits per heavy atom. The van der Waals surface area contributed by atoms with Gasteiger partial charge in [-0.15, -0.1) is 0 Å². The van der Waals surface area contributed by atoms with Gasteiger partial charge in [0.05, 0.1) is 12.2 Å². The minimum atomic E-state index is 0.522. The third kappa shape index (κ3) is 4.09. The van der Waals surface area contributed by atoms with Gasteiger partial charge in [0.2, 0.25) is 0 Å². The fourth-order valence-corrected chi connectivity index (χ4v) is 2.71. The van der Waals surface area contributed by atoms with Gasteiger partial charge in [0.15, 0.2) is 5.82 Å². The third-order valence-electron chi connectivity index (χ3n) is 4.20. The second-order valence-corrected chi connectivity index (χ2v) is 6.10. The molecule has 4 aromatic rings. The smallest absolute Gasteiger partial charge is 0.178 e. The molecule has 138 valence electrons. The number of aromatic nitrogens is 5. The molecular formula is C21H19N7. The summed E-state index contributed by atoms with van der Waals surface area (Å²) >= 11 is 0. The Morgan fingerprint density at radius 2 is 1.71 bits per heavy atom. The van der Waals surface area contributed by atoms with E-state index in [9.17, 15) is 0 Å². The minimum Gasteiger partial charge on any atom is -0.364 e. The van der Waals surface area contributed by atoms with E-state index in [-0.39, 0.29) is 0 Å². The van der Waals surface area contributed by atoms with Gasteiger partial charge in [0.25, 0.3) is 0 Å². The van der Waals surface area contributed by atoms with Crippen molar-refractivity contribution >= 4 is 17.3 Å². The summed E-state index contributed by atoms with van der Waals surface area (Å²) in [6, 6.07) is 19.5. The van der Waals surface area contributed by atoms with Gasteiger partial charge in [-0.25, -0.2) is 19.9 Å². The molecule has 3 aromatic heterocycles. The van der Waals surface area contributed by atoms with Crippen LogP contribution in [0.25, 0.3) is 11.5 Å². The van der Waals surface area contributed by atoms with Crippen molar-refractivity contribution in [1.29, 1.82) is 0 Å². The van der Waals surface area contributed by atoms with Crippen molar-refractivity contribution in [1.82, 2.24) is 24.9 Å². The molecule has 0 fully saturated rings. The highest BCUT2D eigenvalue weighted by atomic mass is 15.2. The SMILES string of the molecule is CN(c1ccccc1)c1cc(NCc2ccnc(-c3ccccn3)n2)ncn1. The maximum absolute atomic E-state index is 4.57. The number of anilines is 3. The molecule has 7 heteroatoms. The van der Waals surface area contributed by atoms with Gasteiger partial charge in [-0.1, -0.05) is 24.3 Å². The Kier molecular flexibility index (Phi) is 5.15. The van der Waals surface area contributed by atoms with Crippen LogP contribution in [0.2, 0.25) is 0 Å². The Balaban J connectivity index is 1.47. The van der Waals surface area contributed by atoms with Gasteiger partial charge in [-0.05, 0) is 30.3 Å². The van der Waals surface area contributed by atoms with Crippen molar-refractivity contribution in [2.24, 2.45) is 0 Å². The minimum absolute atomic E-state index is 0.522. The molecule has 0 unspecified atom stereocenters. The summed E-state index contributed by atoms with van der Waals surface area (Å²) in [4.78, 5) is 23.9. The van der Waals surface area contributed by atoms with Crippen molar-refractivity contribution in [2.75, 3.05) is 17.3 Å². The van der Waals surface area contributed by atoms with E-state index in [2.05, 4.69) is 30.2 Å². The number of hydrogen-bond donors (Lipinski definition) is 1.